The highest BCUT2D eigenvalue weighted by Crippen LogP contribution is 2.34. The molecule has 3 aromatic carbocycles. The fraction of sp³-hybridized carbons (Fsp3) is 0.419. The average molecular weight is 902 g/mol. The molecule has 4 N–H and O–H groups in total. The third-order valence-corrected chi connectivity index (χ3v) is 14.2. The fourth-order valence-electron chi connectivity index (χ4n) is 8.25. The van der Waals surface area contributed by atoms with Crippen molar-refractivity contribution in [3.8, 4) is 5.75 Å². The molecule has 5 heterocycles. The minimum absolute atomic E-state index is 0.0148. The zero-order valence-electron chi connectivity index (χ0n) is 34.3. The molecule has 5 aliphatic heterocycles. The van der Waals surface area contributed by atoms with E-state index in [1.165, 1.54) is 22.1 Å². The Bertz CT molecular complexity index is 2410. The molecule has 8 rings (SSSR count). The van der Waals surface area contributed by atoms with Crippen molar-refractivity contribution in [3.63, 3.8) is 0 Å². The number of thioether (sulfide) groups is 1. The van der Waals surface area contributed by atoms with Crippen molar-refractivity contribution in [1.82, 2.24) is 35.4 Å². The van der Waals surface area contributed by atoms with Gasteiger partial charge in [-0.25, -0.2) is 12.7 Å². The van der Waals surface area contributed by atoms with Gasteiger partial charge in [0.2, 0.25) is 33.7 Å². The predicted molar refractivity (Wildman–Crippen MR) is 227 cm³/mol. The number of hydrogen-bond acceptors (Lipinski definition) is 13. The third-order valence-electron chi connectivity index (χ3n) is 11.8. The van der Waals surface area contributed by atoms with Crippen molar-refractivity contribution in [1.29, 1.82) is 0 Å². The number of sulfonamides is 1. The van der Waals surface area contributed by atoms with Crippen LogP contribution in [-0.2, 0) is 40.5 Å². The van der Waals surface area contributed by atoms with Gasteiger partial charge in [0.25, 0.3) is 17.7 Å². The van der Waals surface area contributed by atoms with Crippen molar-refractivity contribution in [2.75, 3.05) is 51.4 Å². The van der Waals surface area contributed by atoms with Crippen LogP contribution < -0.4 is 26.0 Å². The Labute approximate surface area is 367 Å². The molecular formula is C43H47N7O11S2. The zero-order valence-corrected chi connectivity index (χ0v) is 36.0. The van der Waals surface area contributed by atoms with Crippen LogP contribution in [0.3, 0.4) is 0 Å². The molecule has 5 atom stereocenters. The Morgan fingerprint density at radius 2 is 1.68 bits per heavy atom. The summed E-state index contributed by atoms with van der Waals surface area (Å²) in [5.74, 6) is -3.22. The van der Waals surface area contributed by atoms with Gasteiger partial charge in [-0.15, -0.1) is 11.8 Å². The number of carbonyl (C=O) groups is 7. The van der Waals surface area contributed by atoms with Gasteiger partial charge >= 0.3 is 0 Å². The second-order valence-electron chi connectivity index (χ2n) is 16.2. The normalized spacial score (nSPS) is 23.3. The van der Waals surface area contributed by atoms with Crippen LogP contribution in [0.25, 0.3) is 0 Å². The summed E-state index contributed by atoms with van der Waals surface area (Å²) in [5, 5.41) is 11.3. The minimum Gasteiger partial charge on any atom is -0.492 e. The van der Waals surface area contributed by atoms with E-state index in [1.807, 2.05) is 30.3 Å². The Balaban J connectivity index is 0.817. The molecule has 7 amide bonds. The van der Waals surface area contributed by atoms with Gasteiger partial charge in [0.1, 0.15) is 23.3 Å². The number of rotatable bonds is 15. The van der Waals surface area contributed by atoms with E-state index in [4.69, 9.17) is 9.47 Å². The van der Waals surface area contributed by atoms with E-state index >= 15 is 0 Å². The van der Waals surface area contributed by atoms with Crippen molar-refractivity contribution < 1.29 is 51.5 Å². The first-order valence-corrected chi connectivity index (χ1v) is 23.5. The van der Waals surface area contributed by atoms with Gasteiger partial charge in [-0.2, -0.15) is 0 Å². The number of nitrogens with zero attached hydrogens (tertiary/aromatic N) is 3. The molecule has 0 spiro atoms. The number of ether oxygens (including phenoxy) is 2. The smallest absolute Gasteiger partial charge is 0.266 e. The fourth-order valence-corrected chi connectivity index (χ4v) is 10.3. The van der Waals surface area contributed by atoms with E-state index in [1.54, 1.807) is 41.3 Å². The van der Waals surface area contributed by atoms with E-state index < -0.39 is 69.0 Å². The summed E-state index contributed by atoms with van der Waals surface area (Å²) in [6.45, 7) is 1.16. The van der Waals surface area contributed by atoms with Crippen molar-refractivity contribution in [2.24, 2.45) is 11.8 Å². The van der Waals surface area contributed by atoms with Gasteiger partial charge in [-0.05, 0) is 48.2 Å². The number of carbonyl (C=O) groups excluding carboxylic acids is 7. The summed E-state index contributed by atoms with van der Waals surface area (Å²) >= 11 is 1.53. The molecule has 0 radical (unpaired) electrons. The Morgan fingerprint density at radius 1 is 0.921 bits per heavy atom. The number of likely N-dealkylation sites (tertiary alicyclic amines) is 1. The number of nitrogens with one attached hydrogen (secondary N) is 4. The molecule has 63 heavy (non-hydrogen) atoms. The number of hydrogen-bond donors (Lipinski definition) is 4. The van der Waals surface area contributed by atoms with Gasteiger partial charge in [0, 0.05) is 55.9 Å². The molecule has 332 valence electrons. The third kappa shape index (κ3) is 9.79. The van der Waals surface area contributed by atoms with Crippen LogP contribution in [0.1, 0.15) is 67.5 Å². The van der Waals surface area contributed by atoms with Gasteiger partial charge in [-0.3, -0.25) is 49.1 Å². The number of fused-ring (bicyclic) bond motifs is 1. The van der Waals surface area contributed by atoms with Gasteiger partial charge in [0.05, 0.1) is 43.1 Å². The van der Waals surface area contributed by atoms with Crippen LogP contribution in [0.4, 0.5) is 0 Å². The number of benzene rings is 3. The first kappa shape index (κ1) is 44.0. The summed E-state index contributed by atoms with van der Waals surface area (Å²) in [6.07, 6.45) is 1.49. The number of piperidine rings is 1. The lowest BCUT2D eigenvalue weighted by Gasteiger charge is -2.39. The zero-order chi connectivity index (χ0) is 44.4. The largest absolute Gasteiger partial charge is 0.492 e. The molecule has 18 nitrogen and oxygen atoms in total. The van der Waals surface area contributed by atoms with E-state index in [0.717, 1.165) is 28.0 Å². The standard InChI is InChI=1S/C43H47N7O11S2/c1-63(58,59)49-17-16-29(20-49)37(52)44-31(38(53)47-43-45-32(24-62-43)27-6-3-2-4-7-27)23-60-21-25-10-12-28(13-11-25)40(55)48-18-26(19-48)22-61-34-9-5-8-30-36(34)42(57)50(41(30)56)33-14-15-35(51)46-39(33)54/h2-13,26,29,31-33,43,45H,14-24H2,1H3,(H,44,52)(H,47,53)(H,46,51,54)/t29?,31-,32?,33?,43?/m0/s1. The van der Waals surface area contributed by atoms with Crippen LogP contribution in [0.2, 0.25) is 0 Å². The van der Waals surface area contributed by atoms with Crippen LogP contribution in [0, 0.1) is 11.8 Å². The molecule has 4 saturated heterocycles. The van der Waals surface area contributed by atoms with Crippen molar-refractivity contribution in [2.45, 2.75) is 49.5 Å². The van der Waals surface area contributed by atoms with Crippen molar-refractivity contribution >= 4 is 63.1 Å². The van der Waals surface area contributed by atoms with Gasteiger partial charge < -0.3 is 25.0 Å². The molecule has 5 aliphatic rings. The first-order chi connectivity index (χ1) is 30.2. The quantitative estimate of drug-likeness (QED) is 0.156. The highest BCUT2D eigenvalue weighted by atomic mass is 32.2. The maximum absolute atomic E-state index is 13.6. The molecule has 20 heteroatoms. The van der Waals surface area contributed by atoms with Crippen LogP contribution in [0.15, 0.2) is 72.8 Å². The SMILES string of the molecule is CS(=O)(=O)N1CCC(C(=O)N[C@@H](COCc2ccc(C(=O)N3CC(COc4cccc5c4C(=O)N(C4CCC(=O)NC4=O)C5=O)C3)cc2)C(=O)NC2NC(c3ccccc3)CS2)C1. The average Bonchev–Trinajstić information content (AvgIpc) is 4.00. The molecule has 0 aliphatic carbocycles. The summed E-state index contributed by atoms with van der Waals surface area (Å²) < 4.78 is 37.3. The lowest BCUT2D eigenvalue weighted by Crippen LogP contribution is -2.54. The van der Waals surface area contributed by atoms with E-state index in [-0.39, 0.29) is 80.5 Å². The molecule has 0 bridgehead atoms. The molecule has 0 aromatic heterocycles. The van der Waals surface area contributed by atoms with E-state index in [9.17, 15) is 42.0 Å². The Morgan fingerprint density at radius 3 is 2.40 bits per heavy atom. The van der Waals surface area contributed by atoms with E-state index in [0.29, 0.717) is 25.1 Å². The van der Waals surface area contributed by atoms with Crippen molar-refractivity contribution in [3.05, 3.63) is 101 Å². The van der Waals surface area contributed by atoms with Crippen LogP contribution in [-0.4, -0.2) is 133 Å². The maximum Gasteiger partial charge on any atom is 0.266 e. The number of imide groups is 2. The highest BCUT2D eigenvalue weighted by molar-refractivity contribution is 8.00. The molecule has 0 saturated carbocycles. The molecular weight excluding hydrogens is 855 g/mol. The second kappa shape index (κ2) is 18.6. The second-order valence-corrected chi connectivity index (χ2v) is 19.4. The Hall–Kier alpha value is -5.67. The monoisotopic (exact) mass is 901 g/mol. The summed E-state index contributed by atoms with van der Waals surface area (Å²) in [4.78, 5) is 93.4. The highest BCUT2D eigenvalue weighted by Gasteiger charge is 2.46. The Kier molecular flexibility index (Phi) is 13.0. The molecule has 4 fully saturated rings. The molecule has 3 aromatic rings. The van der Waals surface area contributed by atoms with Crippen LogP contribution in [0.5, 0.6) is 5.75 Å². The van der Waals surface area contributed by atoms with Crippen LogP contribution >= 0.6 is 11.8 Å². The lowest BCUT2D eigenvalue weighted by molar-refractivity contribution is -0.136. The topological polar surface area (TPSA) is 230 Å². The van der Waals surface area contributed by atoms with E-state index in [2.05, 4.69) is 21.3 Å². The lowest BCUT2D eigenvalue weighted by atomic mass is 9.99. The predicted octanol–water partition coefficient (Wildman–Crippen LogP) is 0.999. The minimum atomic E-state index is -3.47. The maximum atomic E-state index is 13.6. The summed E-state index contributed by atoms with van der Waals surface area (Å²) in [6, 6.07) is 19.3. The molecule has 4 unspecified atom stereocenters. The number of amides is 7. The first-order valence-electron chi connectivity index (χ1n) is 20.7. The summed E-state index contributed by atoms with van der Waals surface area (Å²) in [5.41, 5.74) is 2.05. The van der Waals surface area contributed by atoms with Gasteiger partial charge in [-0.1, -0.05) is 48.5 Å². The summed E-state index contributed by atoms with van der Waals surface area (Å²) in [7, 11) is -3.47. The van der Waals surface area contributed by atoms with Gasteiger partial charge in [0.15, 0.2) is 0 Å².